The van der Waals surface area contributed by atoms with E-state index >= 15 is 0 Å². The molecule has 0 spiro atoms. The second-order valence-electron chi connectivity index (χ2n) is 5.82. The fourth-order valence-corrected chi connectivity index (χ4v) is 4.26. The lowest BCUT2D eigenvalue weighted by atomic mass is 10.1. The molecule has 0 bridgehead atoms. The van der Waals surface area contributed by atoms with Crippen molar-refractivity contribution in [3.8, 4) is 0 Å². The van der Waals surface area contributed by atoms with Crippen molar-refractivity contribution in [1.82, 2.24) is 14.9 Å². The number of fused-ring (bicyclic) bond motifs is 1. The van der Waals surface area contributed by atoms with Crippen molar-refractivity contribution < 1.29 is 14.3 Å². The third kappa shape index (κ3) is 4.79. The van der Waals surface area contributed by atoms with Gasteiger partial charge in [0.1, 0.15) is 0 Å². The van der Waals surface area contributed by atoms with Crippen LogP contribution < -0.4 is 0 Å². The number of thioether (sulfide) groups is 1. The number of hydrogen-bond acceptors (Lipinski definition) is 7. The molecule has 0 radical (unpaired) electrons. The van der Waals surface area contributed by atoms with Gasteiger partial charge in [0.25, 0.3) is 5.91 Å². The Morgan fingerprint density at radius 1 is 1.32 bits per heavy atom. The molecule has 1 aliphatic rings. The SMILES string of the molecule is Cc1cc(C)nc(SCC(=O)OCC(=O)N2CCc3sccc3C2)n1. The summed E-state index contributed by atoms with van der Waals surface area (Å²) in [4.78, 5) is 35.7. The molecule has 0 saturated carbocycles. The minimum absolute atomic E-state index is 0.0881. The van der Waals surface area contributed by atoms with Crippen LogP contribution in [-0.2, 0) is 27.3 Å². The molecule has 3 rings (SSSR count). The molecule has 1 aliphatic heterocycles. The maximum atomic E-state index is 12.2. The molecular weight excluding hydrogens is 358 g/mol. The van der Waals surface area contributed by atoms with Gasteiger partial charge in [0, 0.05) is 29.4 Å². The maximum Gasteiger partial charge on any atom is 0.316 e. The van der Waals surface area contributed by atoms with Gasteiger partial charge in [0.15, 0.2) is 11.8 Å². The lowest BCUT2D eigenvalue weighted by molar-refractivity contribution is -0.150. The van der Waals surface area contributed by atoms with E-state index in [0.717, 1.165) is 17.8 Å². The molecule has 2 aromatic rings. The van der Waals surface area contributed by atoms with Gasteiger partial charge in [-0.05, 0) is 43.3 Å². The molecule has 1 amide bonds. The van der Waals surface area contributed by atoms with E-state index in [4.69, 9.17) is 4.74 Å². The number of aryl methyl sites for hydroxylation is 2. The van der Waals surface area contributed by atoms with Crippen LogP contribution in [0.4, 0.5) is 0 Å². The molecule has 0 fully saturated rings. The number of carbonyl (C=O) groups excluding carboxylic acids is 2. The van der Waals surface area contributed by atoms with E-state index in [2.05, 4.69) is 9.97 Å². The van der Waals surface area contributed by atoms with Gasteiger partial charge in [-0.15, -0.1) is 11.3 Å². The van der Waals surface area contributed by atoms with Gasteiger partial charge < -0.3 is 9.64 Å². The van der Waals surface area contributed by atoms with E-state index < -0.39 is 5.97 Å². The van der Waals surface area contributed by atoms with Crippen molar-refractivity contribution in [3.63, 3.8) is 0 Å². The number of hydrogen-bond donors (Lipinski definition) is 0. The topological polar surface area (TPSA) is 72.4 Å². The molecule has 3 heterocycles. The van der Waals surface area contributed by atoms with Gasteiger partial charge in [0.05, 0.1) is 5.75 Å². The highest BCUT2D eigenvalue weighted by molar-refractivity contribution is 7.99. The standard InChI is InChI=1S/C17H19N3O3S2/c1-11-7-12(2)19-17(18-11)25-10-16(22)23-9-15(21)20-5-3-14-13(8-20)4-6-24-14/h4,6-7H,3,5,8-10H2,1-2H3. The van der Waals surface area contributed by atoms with Gasteiger partial charge in [-0.3, -0.25) is 9.59 Å². The van der Waals surface area contributed by atoms with Crippen LogP contribution in [0.3, 0.4) is 0 Å². The summed E-state index contributed by atoms with van der Waals surface area (Å²) in [5.41, 5.74) is 2.91. The summed E-state index contributed by atoms with van der Waals surface area (Å²) >= 11 is 2.94. The maximum absolute atomic E-state index is 12.2. The van der Waals surface area contributed by atoms with Crippen LogP contribution in [0.25, 0.3) is 0 Å². The molecule has 2 aromatic heterocycles. The van der Waals surface area contributed by atoms with Crippen molar-refractivity contribution in [3.05, 3.63) is 39.3 Å². The summed E-state index contributed by atoms with van der Waals surface area (Å²) in [6.07, 6.45) is 0.868. The Bertz CT molecular complexity index is 771. The predicted octanol–water partition coefficient (Wildman–Crippen LogP) is 2.38. The Balaban J connectivity index is 1.43. The fourth-order valence-electron chi connectivity index (χ4n) is 2.62. The van der Waals surface area contributed by atoms with E-state index in [-0.39, 0.29) is 18.3 Å². The third-order valence-electron chi connectivity index (χ3n) is 3.80. The fraction of sp³-hybridized carbons (Fsp3) is 0.412. The second-order valence-corrected chi connectivity index (χ2v) is 7.76. The number of carbonyl (C=O) groups is 2. The van der Waals surface area contributed by atoms with E-state index in [0.29, 0.717) is 18.2 Å². The number of esters is 1. The van der Waals surface area contributed by atoms with Gasteiger partial charge in [0.2, 0.25) is 0 Å². The Labute approximate surface area is 154 Å². The van der Waals surface area contributed by atoms with Crippen molar-refractivity contribution in [2.45, 2.75) is 32.0 Å². The highest BCUT2D eigenvalue weighted by Crippen LogP contribution is 2.24. The number of amides is 1. The molecule has 0 aromatic carbocycles. The van der Waals surface area contributed by atoms with Crippen LogP contribution >= 0.6 is 23.1 Å². The molecule has 0 N–H and O–H groups in total. The van der Waals surface area contributed by atoms with Gasteiger partial charge in [-0.25, -0.2) is 9.97 Å². The minimum Gasteiger partial charge on any atom is -0.455 e. The zero-order valence-electron chi connectivity index (χ0n) is 14.2. The predicted molar refractivity (Wildman–Crippen MR) is 96.6 cm³/mol. The lowest BCUT2D eigenvalue weighted by Gasteiger charge is -2.26. The number of rotatable bonds is 5. The molecule has 0 saturated heterocycles. The first-order valence-corrected chi connectivity index (χ1v) is 9.81. The highest BCUT2D eigenvalue weighted by atomic mass is 32.2. The van der Waals surface area contributed by atoms with E-state index in [1.54, 1.807) is 16.2 Å². The quantitative estimate of drug-likeness (QED) is 0.453. The third-order valence-corrected chi connectivity index (χ3v) is 5.64. The molecule has 132 valence electrons. The zero-order chi connectivity index (χ0) is 17.8. The minimum atomic E-state index is -0.436. The first kappa shape index (κ1) is 17.9. The van der Waals surface area contributed by atoms with Crippen LogP contribution in [0.1, 0.15) is 21.8 Å². The average Bonchev–Trinajstić information content (AvgIpc) is 3.04. The van der Waals surface area contributed by atoms with Crippen molar-refractivity contribution in [1.29, 1.82) is 0 Å². The molecule has 0 unspecified atom stereocenters. The highest BCUT2D eigenvalue weighted by Gasteiger charge is 2.22. The molecular formula is C17H19N3O3S2. The number of nitrogens with zero attached hydrogens (tertiary/aromatic N) is 3. The second kappa shape index (κ2) is 7.97. The van der Waals surface area contributed by atoms with Gasteiger partial charge in [-0.2, -0.15) is 0 Å². The monoisotopic (exact) mass is 377 g/mol. The van der Waals surface area contributed by atoms with Gasteiger partial charge >= 0.3 is 5.97 Å². The first-order valence-electron chi connectivity index (χ1n) is 7.95. The molecule has 0 atom stereocenters. The molecule has 6 nitrogen and oxygen atoms in total. The number of ether oxygens (including phenoxy) is 1. The summed E-state index contributed by atoms with van der Waals surface area (Å²) < 4.78 is 5.10. The number of thiophene rings is 1. The van der Waals surface area contributed by atoms with Crippen LogP contribution in [0.5, 0.6) is 0 Å². The Morgan fingerprint density at radius 2 is 2.08 bits per heavy atom. The first-order chi connectivity index (χ1) is 12.0. The van der Waals surface area contributed by atoms with Crippen LogP contribution in [-0.4, -0.2) is 45.6 Å². The van der Waals surface area contributed by atoms with Crippen molar-refractivity contribution in [2.75, 3.05) is 18.9 Å². The van der Waals surface area contributed by atoms with Crippen molar-refractivity contribution >= 4 is 35.0 Å². The summed E-state index contributed by atoms with van der Waals surface area (Å²) in [6, 6.07) is 3.92. The number of aromatic nitrogens is 2. The van der Waals surface area contributed by atoms with Crippen LogP contribution in [0, 0.1) is 13.8 Å². The van der Waals surface area contributed by atoms with E-state index in [1.165, 1.54) is 22.2 Å². The average molecular weight is 377 g/mol. The summed E-state index contributed by atoms with van der Waals surface area (Å²) in [6.45, 7) is 4.82. The van der Waals surface area contributed by atoms with Gasteiger partial charge in [-0.1, -0.05) is 11.8 Å². The summed E-state index contributed by atoms with van der Waals surface area (Å²) in [7, 11) is 0. The van der Waals surface area contributed by atoms with Crippen LogP contribution in [0.2, 0.25) is 0 Å². The van der Waals surface area contributed by atoms with E-state index in [9.17, 15) is 9.59 Å². The zero-order valence-corrected chi connectivity index (χ0v) is 15.8. The smallest absolute Gasteiger partial charge is 0.316 e. The van der Waals surface area contributed by atoms with Crippen LogP contribution in [0.15, 0.2) is 22.7 Å². The Morgan fingerprint density at radius 3 is 2.84 bits per heavy atom. The summed E-state index contributed by atoms with van der Waals surface area (Å²) in [5, 5.41) is 2.59. The van der Waals surface area contributed by atoms with E-state index in [1.807, 2.05) is 31.4 Å². The Hall–Kier alpha value is -1.93. The lowest BCUT2D eigenvalue weighted by Crippen LogP contribution is -2.38. The normalized spacial score (nSPS) is 13.4. The van der Waals surface area contributed by atoms with Crippen molar-refractivity contribution in [2.24, 2.45) is 0 Å². The molecule has 8 heteroatoms. The largest absolute Gasteiger partial charge is 0.455 e. The Kier molecular flexibility index (Phi) is 5.70. The summed E-state index contributed by atoms with van der Waals surface area (Å²) in [5.74, 6) is -0.502. The molecule has 0 aliphatic carbocycles. The molecule has 25 heavy (non-hydrogen) atoms.